The molecule has 0 fully saturated rings. The lowest BCUT2D eigenvalue weighted by Crippen LogP contribution is -2.34. The molecule has 0 N–H and O–H groups in total. The summed E-state index contributed by atoms with van der Waals surface area (Å²) in [5, 5.41) is 6.93. The van der Waals surface area contributed by atoms with Crippen LogP contribution in [0.2, 0.25) is 0 Å². The number of benzene rings is 6. The number of rotatable bonds is 7. The van der Waals surface area contributed by atoms with Gasteiger partial charge in [0.25, 0.3) is 0 Å². The Morgan fingerprint density at radius 2 is 0.913 bits per heavy atom. The molecule has 3 nitrogen and oxygen atoms in total. The number of hydrogen-bond acceptors (Lipinski definition) is 3. The standard InChI is InChI=1S/C40H34O3P2S/c1-40(2)33-25-16-26-34(44(29-17-8-4-9-18-29)30-19-10-5-11-20-30)38(33)43-39-35(27-28-36(37(39)40)46(3,41)42)45(31-21-12-6-13-22-31)32-23-14-7-15-24-32/h4-28H,1-3H3. The maximum Gasteiger partial charge on any atom is 0.175 e. The molecule has 6 aromatic rings. The van der Waals surface area contributed by atoms with Gasteiger partial charge in [-0.2, -0.15) is 0 Å². The second kappa shape index (κ2) is 12.3. The first-order valence-corrected chi connectivity index (χ1v) is 19.8. The van der Waals surface area contributed by atoms with Crippen LogP contribution in [0.25, 0.3) is 0 Å². The summed E-state index contributed by atoms with van der Waals surface area (Å²) in [4.78, 5) is 0.316. The van der Waals surface area contributed by atoms with E-state index in [9.17, 15) is 8.42 Å². The third-order valence-electron chi connectivity index (χ3n) is 8.53. The van der Waals surface area contributed by atoms with Gasteiger partial charge >= 0.3 is 0 Å². The van der Waals surface area contributed by atoms with Crippen molar-refractivity contribution in [3.63, 3.8) is 0 Å². The molecule has 0 unspecified atom stereocenters. The predicted octanol–water partition coefficient (Wildman–Crippen LogP) is 7.04. The first kappa shape index (κ1) is 30.6. The van der Waals surface area contributed by atoms with Gasteiger partial charge in [-0.25, -0.2) is 8.42 Å². The zero-order valence-electron chi connectivity index (χ0n) is 26.0. The Labute approximate surface area is 274 Å². The lowest BCUT2D eigenvalue weighted by Gasteiger charge is -2.39. The molecule has 0 aromatic heterocycles. The molecule has 46 heavy (non-hydrogen) atoms. The van der Waals surface area contributed by atoms with Crippen molar-refractivity contribution in [3.05, 3.63) is 163 Å². The Bertz CT molecular complexity index is 2040. The third kappa shape index (κ3) is 5.50. The van der Waals surface area contributed by atoms with Crippen LogP contribution in [0.5, 0.6) is 11.5 Å². The normalized spacial score (nSPS) is 13.6. The van der Waals surface area contributed by atoms with Crippen LogP contribution in [-0.2, 0) is 15.3 Å². The quantitative estimate of drug-likeness (QED) is 0.173. The monoisotopic (exact) mass is 656 g/mol. The van der Waals surface area contributed by atoms with E-state index in [0.29, 0.717) is 10.6 Å². The Morgan fingerprint density at radius 1 is 0.500 bits per heavy atom. The molecule has 6 heteroatoms. The highest BCUT2D eigenvalue weighted by Gasteiger charge is 2.42. The second-order valence-corrected chi connectivity index (χ2v) is 18.3. The molecule has 1 heterocycles. The van der Waals surface area contributed by atoms with Crippen molar-refractivity contribution in [2.45, 2.75) is 24.2 Å². The predicted molar refractivity (Wildman–Crippen MR) is 196 cm³/mol. The van der Waals surface area contributed by atoms with Crippen LogP contribution in [0.3, 0.4) is 0 Å². The third-order valence-corrected chi connectivity index (χ3v) is 14.6. The molecule has 0 atom stereocenters. The molecule has 0 spiro atoms. The van der Waals surface area contributed by atoms with E-state index in [0.717, 1.165) is 27.5 Å². The Balaban J connectivity index is 1.53. The first-order chi connectivity index (χ1) is 22.2. The number of sulfone groups is 1. The molecule has 0 radical (unpaired) electrons. The molecule has 228 valence electrons. The summed E-state index contributed by atoms with van der Waals surface area (Å²) in [5.74, 6) is 1.48. The second-order valence-electron chi connectivity index (χ2n) is 12.0. The van der Waals surface area contributed by atoms with Crippen LogP contribution in [0.4, 0.5) is 0 Å². The van der Waals surface area contributed by atoms with Crippen molar-refractivity contribution in [3.8, 4) is 11.5 Å². The molecule has 7 rings (SSSR count). The fraction of sp³-hybridized carbons (Fsp3) is 0.100. The van der Waals surface area contributed by atoms with Gasteiger partial charge in [0.2, 0.25) is 0 Å². The van der Waals surface area contributed by atoms with Crippen molar-refractivity contribution in [1.29, 1.82) is 0 Å². The summed E-state index contributed by atoms with van der Waals surface area (Å²) in [7, 11) is -5.61. The van der Waals surface area contributed by atoms with E-state index >= 15 is 0 Å². The van der Waals surface area contributed by atoms with Crippen molar-refractivity contribution in [2.24, 2.45) is 0 Å². The van der Waals surface area contributed by atoms with Gasteiger partial charge in [0.15, 0.2) is 9.84 Å². The lowest BCUT2D eigenvalue weighted by molar-refractivity contribution is 0.418. The van der Waals surface area contributed by atoms with Crippen LogP contribution < -0.4 is 36.6 Å². The minimum Gasteiger partial charge on any atom is -0.455 e. The van der Waals surface area contributed by atoms with E-state index in [-0.39, 0.29) is 0 Å². The van der Waals surface area contributed by atoms with Gasteiger partial charge in [0, 0.05) is 33.4 Å². The van der Waals surface area contributed by atoms with Gasteiger partial charge in [-0.3, -0.25) is 0 Å². The highest BCUT2D eigenvalue weighted by Crippen LogP contribution is 2.54. The highest BCUT2D eigenvalue weighted by atomic mass is 32.2. The van der Waals surface area contributed by atoms with Crippen LogP contribution in [0, 0.1) is 0 Å². The molecule has 0 aliphatic carbocycles. The molecule has 1 aliphatic heterocycles. The van der Waals surface area contributed by atoms with Gasteiger partial charge < -0.3 is 4.74 Å². The Hall–Kier alpha value is -4.07. The fourth-order valence-electron chi connectivity index (χ4n) is 6.43. The fourth-order valence-corrected chi connectivity index (χ4v) is 12.2. The van der Waals surface area contributed by atoms with Crippen molar-refractivity contribution < 1.29 is 13.2 Å². The Morgan fingerprint density at radius 3 is 1.33 bits per heavy atom. The summed E-state index contributed by atoms with van der Waals surface area (Å²) in [5.41, 5.74) is 1.05. The maximum absolute atomic E-state index is 13.4. The SMILES string of the molecule is CC1(C)c2cccc(P(c3ccccc3)c3ccccc3)c2Oc2c(P(c3ccccc3)c3ccccc3)ccc(S(C)(=O)=O)c21. The van der Waals surface area contributed by atoms with E-state index in [1.165, 1.54) is 27.5 Å². The number of hydrogen-bond donors (Lipinski definition) is 0. The van der Waals surface area contributed by atoms with Gasteiger partial charge in [0.1, 0.15) is 11.5 Å². The molecule has 0 amide bonds. The van der Waals surface area contributed by atoms with E-state index < -0.39 is 31.1 Å². The zero-order valence-corrected chi connectivity index (χ0v) is 28.6. The molecule has 0 saturated heterocycles. The average Bonchev–Trinajstić information content (AvgIpc) is 3.07. The largest absolute Gasteiger partial charge is 0.455 e. The Kier molecular flexibility index (Phi) is 8.16. The van der Waals surface area contributed by atoms with E-state index in [1.54, 1.807) is 6.07 Å². The summed E-state index contributed by atoms with van der Waals surface area (Å²) in [6.45, 7) is 4.27. The molecule has 0 saturated carbocycles. The first-order valence-electron chi connectivity index (χ1n) is 15.2. The minimum atomic E-state index is -3.57. The summed E-state index contributed by atoms with van der Waals surface area (Å²) < 4.78 is 34.1. The molecule has 1 aliphatic rings. The molecule has 6 aromatic carbocycles. The van der Waals surface area contributed by atoms with Gasteiger partial charge in [-0.1, -0.05) is 153 Å². The number of ether oxygens (including phenoxy) is 1. The number of para-hydroxylation sites is 1. The highest BCUT2D eigenvalue weighted by molar-refractivity contribution is 7.90. The van der Waals surface area contributed by atoms with Gasteiger partial charge in [-0.05, 0) is 49.2 Å². The summed E-state index contributed by atoms with van der Waals surface area (Å²) in [6.07, 6.45) is 1.30. The smallest absolute Gasteiger partial charge is 0.175 e. The topological polar surface area (TPSA) is 43.4 Å². The van der Waals surface area contributed by atoms with Crippen molar-refractivity contribution in [1.82, 2.24) is 0 Å². The average molecular weight is 657 g/mol. The van der Waals surface area contributed by atoms with Crippen LogP contribution in [0.1, 0.15) is 25.0 Å². The lowest BCUT2D eigenvalue weighted by atomic mass is 9.75. The van der Waals surface area contributed by atoms with E-state index in [1.807, 2.05) is 30.3 Å². The molecular formula is C40H34O3P2S. The van der Waals surface area contributed by atoms with Crippen LogP contribution in [0.15, 0.2) is 157 Å². The van der Waals surface area contributed by atoms with Gasteiger partial charge in [0.05, 0.1) is 4.90 Å². The number of fused-ring (bicyclic) bond motifs is 2. The van der Waals surface area contributed by atoms with Gasteiger partial charge in [-0.15, -0.1) is 0 Å². The summed E-state index contributed by atoms with van der Waals surface area (Å²) in [6, 6.07) is 52.3. The van der Waals surface area contributed by atoms with Crippen LogP contribution >= 0.6 is 15.8 Å². The summed E-state index contributed by atoms with van der Waals surface area (Å²) >= 11 is 0. The molecular weight excluding hydrogens is 622 g/mol. The van der Waals surface area contributed by atoms with Crippen LogP contribution in [-0.4, -0.2) is 14.7 Å². The molecule has 0 bridgehead atoms. The van der Waals surface area contributed by atoms with Crippen molar-refractivity contribution in [2.75, 3.05) is 6.26 Å². The maximum atomic E-state index is 13.4. The zero-order chi connectivity index (χ0) is 31.9. The van der Waals surface area contributed by atoms with E-state index in [2.05, 4.69) is 129 Å². The minimum absolute atomic E-state index is 0.316. The van der Waals surface area contributed by atoms with Crippen molar-refractivity contribution >= 4 is 57.5 Å². The van der Waals surface area contributed by atoms with E-state index in [4.69, 9.17) is 4.74 Å².